The van der Waals surface area contributed by atoms with Crippen LogP contribution in [0.15, 0.2) is 24.3 Å². The third-order valence-electron chi connectivity index (χ3n) is 1.54. The molecule has 0 saturated carbocycles. The number of para-hydroxylation sites is 1. The van der Waals surface area contributed by atoms with Crippen LogP contribution >= 0.6 is 0 Å². The molecule has 0 fully saturated rings. The molecule has 72 valence electrons. The second kappa shape index (κ2) is 3.65. The van der Waals surface area contributed by atoms with Gasteiger partial charge in [0, 0.05) is 6.07 Å². The predicted molar refractivity (Wildman–Crippen MR) is 45.1 cm³/mol. The Morgan fingerprint density at radius 1 is 1.29 bits per heavy atom. The van der Waals surface area contributed by atoms with E-state index < -0.39 is 27.9 Å². The van der Waals surface area contributed by atoms with Crippen molar-refractivity contribution in [2.75, 3.05) is 0 Å². The summed E-state index contributed by atoms with van der Waals surface area (Å²) in [7, 11) is 0. The number of hydrogen-bond acceptors (Lipinski definition) is 4. The van der Waals surface area contributed by atoms with E-state index in [0.29, 0.717) is 0 Å². The van der Waals surface area contributed by atoms with E-state index >= 15 is 0 Å². The van der Waals surface area contributed by atoms with Gasteiger partial charge in [0.15, 0.2) is 0 Å². The summed E-state index contributed by atoms with van der Waals surface area (Å²) < 4.78 is 0. The van der Waals surface area contributed by atoms with E-state index in [1.54, 1.807) is 0 Å². The quantitative estimate of drug-likeness (QED) is 0.334. The predicted octanol–water partition coefficient (Wildman–Crippen LogP) is 0.862. The highest BCUT2D eigenvalue weighted by Crippen LogP contribution is 2.17. The largest absolute Gasteiger partial charge is 0.475 e. The van der Waals surface area contributed by atoms with Crippen LogP contribution in [-0.2, 0) is 4.79 Å². The van der Waals surface area contributed by atoms with Crippen LogP contribution in [0.25, 0.3) is 0 Å². The molecule has 0 saturated heterocycles. The van der Waals surface area contributed by atoms with Gasteiger partial charge in [0.2, 0.25) is 0 Å². The summed E-state index contributed by atoms with van der Waals surface area (Å²) in [6.07, 6.45) is 0. The van der Waals surface area contributed by atoms with Gasteiger partial charge in [-0.2, -0.15) is 0 Å². The number of nitro benzene ring substituents is 1. The van der Waals surface area contributed by atoms with Gasteiger partial charge in [-0.3, -0.25) is 14.9 Å². The summed E-state index contributed by atoms with van der Waals surface area (Å²) >= 11 is 0. The summed E-state index contributed by atoms with van der Waals surface area (Å²) in [5, 5.41) is 18.8. The molecular formula is C8H5NO5. The lowest BCUT2D eigenvalue weighted by Crippen LogP contribution is -2.14. The molecule has 1 rings (SSSR count). The Bertz CT molecular complexity index is 412. The fraction of sp³-hybridized carbons (Fsp3) is 0. The molecule has 0 bridgehead atoms. The minimum absolute atomic E-state index is 0.412. The zero-order valence-electron chi connectivity index (χ0n) is 6.84. The van der Waals surface area contributed by atoms with E-state index in [4.69, 9.17) is 5.11 Å². The van der Waals surface area contributed by atoms with Crippen molar-refractivity contribution in [1.82, 2.24) is 0 Å². The molecule has 0 radical (unpaired) electrons. The van der Waals surface area contributed by atoms with Gasteiger partial charge in [0.1, 0.15) is 5.56 Å². The third-order valence-corrected chi connectivity index (χ3v) is 1.54. The Morgan fingerprint density at radius 2 is 1.86 bits per heavy atom. The Balaban J connectivity index is 3.27. The summed E-state index contributed by atoms with van der Waals surface area (Å²) in [5.41, 5.74) is -0.912. The molecule has 0 heterocycles. The SMILES string of the molecule is O=C(O)C(=O)c1ccccc1[N+](=O)[O-]. The molecule has 1 aromatic rings. The van der Waals surface area contributed by atoms with E-state index in [2.05, 4.69) is 0 Å². The van der Waals surface area contributed by atoms with Crippen molar-refractivity contribution >= 4 is 17.4 Å². The van der Waals surface area contributed by atoms with Crippen molar-refractivity contribution < 1.29 is 19.6 Å². The second-order valence-electron chi connectivity index (χ2n) is 2.41. The van der Waals surface area contributed by atoms with Crippen molar-refractivity contribution in [3.05, 3.63) is 39.9 Å². The first kappa shape index (κ1) is 9.85. The number of nitro groups is 1. The van der Waals surface area contributed by atoms with Crippen LogP contribution in [-0.4, -0.2) is 21.8 Å². The van der Waals surface area contributed by atoms with Crippen LogP contribution in [0.3, 0.4) is 0 Å². The molecule has 1 aromatic carbocycles. The monoisotopic (exact) mass is 195 g/mol. The summed E-state index contributed by atoms with van der Waals surface area (Å²) in [6, 6.07) is 4.91. The molecule has 0 aliphatic rings. The van der Waals surface area contributed by atoms with Gasteiger partial charge in [-0.25, -0.2) is 4.79 Å². The number of carboxylic acid groups (broad SMARTS) is 1. The molecule has 0 aromatic heterocycles. The van der Waals surface area contributed by atoms with Crippen LogP contribution in [0.2, 0.25) is 0 Å². The second-order valence-corrected chi connectivity index (χ2v) is 2.41. The molecule has 0 aliphatic heterocycles. The van der Waals surface area contributed by atoms with Gasteiger partial charge in [0.05, 0.1) is 4.92 Å². The highest BCUT2D eigenvalue weighted by atomic mass is 16.6. The lowest BCUT2D eigenvalue weighted by Gasteiger charge is -1.96. The molecular weight excluding hydrogens is 190 g/mol. The average molecular weight is 195 g/mol. The molecule has 0 unspecified atom stereocenters. The van der Waals surface area contributed by atoms with E-state index in [1.165, 1.54) is 12.1 Å². The molecule has 0 amide bonds. The van der Waals surface area contributed by atoms with Gasteiger partial charge in [-0.1, -0.05) is 12.1 Å². The number of carboxylic acids is 1. The first-order chi connectivity index (χ1) is 6.54. The molecule has 1 N–H and O–H groups in total. The Hall–Kier alpha value is -2.24. The maximum Gasteiger partial charge on any atom is 0.377 e. The zero-order chi connectivity index (χ0) is 10.7. The standard InChI is InChI=1S/C8H5NO5/c10-7(8(11)12)5-3-1-2-4-6(5)9(13)14/h1-4H,(H,11,12). The van der Waals surface area contributed by atoms with Gasteiger partial charge in [0.25, 0.3) is 11.5 Å². The van der Waals surface area contributed by atoms with Crippen LogP contribution < -0.4 is 0 Å². The normalized spacial score (nSPS) is 9.43. The van der Waals surface area contributed by atoms with Crippen LogP contribution in [0, 0.1) is 10.1 Å². The fourth-order valence-corrected chi connectivity index (χ4v) is 0.940. The molecule has 6 heteroatoms. The summed E-state index contributed by atoms with van der Waals surface area (Å²) in [6.45, 7) is 0. The van der Waals surface area contributed by atoms with Gasteiger partial charge in [-0.05, 0) is 6.07 Å². The topological polar surface area (TPSA) is 97.5 Å². The lowest BCUT2D eigenvalue weighted by atomic mass is 10.1. The van der Waals surface area contributed by atoms with Gasteiger partial charge < -0.3 is 5.11 Å². The first-order valence-electron chi connectivity index (χ1n) is 3.55. The number of hydrogen-bond donors (Lipinski definition) is 1. The minimum Gasteiger partial charge on any atom is -0.475 e. The van der Waals surface area contributed by atoms with E-state index in [1.807, 2.05) is 0 Å². The summed E-state index contributed by atoms with van der Waals surface area (Å²) in [4.78, 5) is 30.9. The maximum atomic E-state index is 11.0. The van der Waals surface area contributed by atoms with Crippen LogP contribution in [0.1, 0.15) is 10.4 Å². The van der Waals surface area contributed by atoms with Crippen LogP contribution in [0.5, 0.6) is 0 Å². The van der Waals surface area contributed by atoms with Crippen molar-refractivity contribution in [3.63, 3.8) is 0 Å². The number of carbonyl (C=O) groups excluding carboxylic acids is 1. The van der Waals surface area contributed by atoms with E-state index in [0.717, 1.165) is 12.1 Å². The molecule has 0 aliphatic carbocycles. The third kappa shape index (κ3) is 1.74. The number of aliphatic carboxylic acids is 1. The minimum atomic E-state index is -1.71. The first-order valence-corrected chi connectivity index (χ1v) is 3.55. The Kier molecular flexibility index (Phi) is 2.57. The number of rotatable bonds is 3. The molecule has 6 nitrogen and oxygen atoms in total. The Morgan fingerprint density at radius 3 is 2.36 bits per heavy atom. The van der Waals surface area contributed by atoms with Crippen LogP contribution in [0.4, 0.5) is 5.69 Å². The zero-order valence-corrected chi connectivity index (χ0v) is 6.84. The number of carbonyl (C=O) groups is 2. The smallest absolute Gasteiger partial charge is 0.377 e. The summed E-state index contributed by atoms with van der Waals surface area (Å²) in [5.74, 6) is -2.99. The molecule has 14 heavy (non-hydrogen) atoms. The van der Waals surface area contributed by atoms with Crippen molar-refractivity contribution in [3.8, 4) is 0 Å². The van der Waals surface area contributed by atoms with Gasteiger partial charge >= 0.3 is 5.97 Å². The average Bonchev–Trinajstić information content (AvgIpc) is 2.16. The fourth-order valence-electron chi connectivity index (χ4n) is 0.940. The molecule has 0 spiro atoms. The van der Waals surface area contributed by atoms with Gasteiger partial charge in [-0.15, -0.1) is 0 Å². The number of Topliss-reactive ketones (excluding diaryl/α,β-unsaturated/α-hetero) is 1. The number of benzene rings is 1. The van der Waals surface area contributed by atoms with E-state index in [9.17, 15) is 19.7 Å². The number of nitrogens with zero attached hydrogens (tertiary/aromatic N) is 1. The highest BCUT2D eigenvalue weighted by Gasteiger charge is 2.23. The highest BCUT2D eigenvalue weighted by molar-refractivity contribution is 6.40. The van der Waals surface area contributed by atoms with Crippen molar-refractivity contribution in [2.24, 2.45) is 0 Å². The Labute approximate surface area is 77.9 Å². The maximum absolute atomic E-state index is 11.0. The molecule has 0 atom stereocenters. The number of ketones is 1. The lowest BCUT2D eigenvalue weighted by molar-refractivity contribution is -0.385. The van der Waals surface area contributed by atoms with E-state index in [-0.39, 0.29) is 0 Å². The van der Waals surface area contributed by atoms with Crippen molar-refractivity contribution in [2.45, 2.75) is 0 Å². The van der Waals surface area contributed by atoms with Crippen molar-refractivity contribution in [1.29, 1.82) is 0 Å².